The lowest BCUT2D eigenvalue weighted by atomic mass is 9.84. The first-order chi connectivity index (χ1) is 19.0. The molecule has 8 nitrogen and oxygen atoms in total. The summed E-state index contributed by atoms with van der Waals surface area (Å²) in [5.74, 6) is 0. The van der Waals surface area contributed by atoms with Crippen LogP contribution in [0, 0.1) is 6.92 Å². The number of carbonyl (C=O) groups excluding carboxylic acids is 2. The summed E-state index contributed by atoms with van der Waals surface area (Å²) < 4.78 is 13.5. The summed E-state index contributed by atoms with van der Waals surface area (Å²) in [6.07, 6.45) is 2.81. The lowest BCUT2D eigenvalue weighted by Crippen LogP contribution is -2.54. The summed E-state index contributed by atoms with van der Waals surface area (Å²) in [6.45, 7) is 19.8. The van der Waals surface area contributed by atoms with Crippen molar-refractivity contribution in [1.29, 1.82) is 0 Å². The molecule has 2 fully saturated rings. The van der Waals surface area contributed by atoms with Crippen LogP contribution in [0.5, 0.6) is 0 Å². The number of nitrogens with zero attached hydrogens (tertiary/aromatic N) is 4. The molecule has 4 heterocycles. The van der Waals surface area contributed by atoms with Gasteiger partial charge in [-0.3, -0.25) is 4.68 Å². The molecule has 1 spiro atoms. The van der Waals surface area contributed by atoms with Gasteiger partial charge in [-0.2, -0.15) is 5.10 Å². The maximum absolute atomic E-state index is 13.0. The molecule has 0 bridgehead atoms. The second kappa shape index (κ2) is 10.2. The van der Waals surface area contributed by atoms with Crippen LogP contribution in [0.15, 0.2) is 29.2 Å². The molecule has 3 aliphatic rings. The predicted molar refractivity (Wildman–Crippen MR) is 162 cm³/mol. The summed E-state index contributed by atoms with van der Waals surface area (Å²) in [4.78, 5) is 30.9. The average Bonchev–Trinajstić information content (AvgIpc) is 3.20. The number of piperidine rings is 2. The highest BCUT2D eigenvalue weighted by atomic mass is 32.2. The molecule has 0 saturated carbocycles. The topological polar surface area (TPSA) is 76.9 Å². The van der Waals surface area contributed by atoms with Gasteiger partial charge in [0.05, 0.1) is 16.5 Å². The van der Waals surface area contributed by atoms with Crippen LogP contribution in [0.3, 0.4) is 0 Å². The first-order valence-corrected chi connectivity index (χ1v) is 15.7. The van der Waals surface area contributed by atoms with Crippen LogP contribution in [-0.4, -0.2) is 68.1 Å². The van der Waals surface area contributed by atoms with Crippen LogP contribution in [0.25, 0.3) is 11.3 Å². The molecule has 41 heavy (non-hydrogen) atoms. The third-order valence-corrected chi connectivity index (χ3v) is 9.97. The van der Waals surface area contributed by atoms with Crippen LogP contribution in [0.4, 0.5) is 9.59 Å². The predicted octanol–water partition coefficient (Wildman–Crippen LogP) is 7.54. The molecule has 1 aromatic carbocycles. The average molecular weight is 583 g/mol. The van der Waals surface area contributed by atoms with E-state index in [1.807, 2.05) is 63.1 Å². The first-order valence-electron chi connectivity index (χ1n) is 14.9. The highest BCUT2D eigenvalue weighted by molar-refractivity contribution is 8.00. The van der Waals surface area contributed by atoms with Crippen LogP contribution in [0.1, 0.15) is 98.4 Å². The molecular formula is C32H46N4O4S. The second-order valence-electron chi connectivity index (χ2n) is 14.4. The lowest BCUT2D eigenvalue weighted by molar-refractivity contribution is -0.0144. The Bertz CT molecular complexity index is 1330. The monoisotopic (exact) mass is 582 g/mol. The minimum Gasteiger partial charge on any atom is -0.444 e. The van der Waals surface area contributed by atoms with E-state index in [2.05, 4.69) is 49.7 Å². The third-order valence-electron chi connectivity index (χ3n) is 8.39. The van der Waals surface area contributed by atoms with Crippen LogP contribution < -0.4 is 0 Å². The van der Waals surface area contributed by atoms with Gasteiger partial charge in [0, 0.05) is 46.9 Å². The zero-order chi connectivity index (χ0) is 30.0. The van der Waals surface area contributed by atoms with Crippen molar-refractivity contribution in [3.63, 3.8) is 0 Å². The molecule has 2 amide bonds. The number of hydrogen-bond donors (Lipinski definition) is 0. The molecule has 3 aliphatic heterocycles. The molecule has 1 atom stereocenters. The zero-order valence-corrected chi connectivity index (χ0v) is 27.0. The summed E-state index contributed by atoms with van der Waals surface area (Å²) in [5, 5.41) is 5.33. The second-order valence-corrected chi connectivity index (χ2v) is 15.8. The number of likely N-dealkylation sites (tertiary alicyclic amines) is 2. The summed E-state index contributed by atoms with van der Waals surface area (Å²) in [5.41, 5.74) is 3.34. The molecule has 1 unspecified atom stereocenters. The number of amides is 2. The number of benzene rings is 1. The summed E-state index contributed by atoms with van der Waals surface area (Å²) in [6, 6.07) is 8.73. The fourth-order valence-corrected chi connectivity index (χ4v) is 8.16. The van der Waals surface area contributed by atoms with Crippen molar-refractivity contribution in [2.75, 3.05) is 19.6 Å². The smallest absolute Gasteiger partial charge is 0.410 e. The van der Waals surface area contributed by atoms with Crippen molar-refractivity contribution in [3.05, 3.63) is 35.5 Å². The number of hydrogen-bond acceptors (Lipinski definition) is 6. The van der Waals surface area contributed by atoms with E-state index in [1.54, 1.807) is 0 Å². The summed E-state index contributed by atoms with van der Waals surface area (Å²) >= 11 is 1.93. The molecule has 9 heteroatoms. The molecule has 2 aromatic rings. The minimum atomic E-state index is -0.528. The molecule has 0 aliphatic carbocycles. The van der Waals surface area contributed by atoms with Crippen LogP contribution in [-0.2, 0) is 14.2 Å². The Morgan fingerprint density at radius 1 is 0.951 bits per heavy atom. The number of carbonyl (C=O) groups is 2. The number of ether oxygens (including phenoxy) is 2. The van der Waals surface area contributed by atoms with Gasteiger partial charge < -0.3 is 19.3 Å². The Balaban J connectivity index is 1.44. The standard InChI is InChI=1S/C32H46N4O4S/c1-21-25-26(33-36(21)22-14-17-35(31(8,9)20-22)28(38)40-30(5,6)7)23-12-10-11-13-24(23)41-32(25)15-18-34(19-16-32)27(37)39-29(2,3)4/h10-13,22H,14-20H2,1-9H3. The molecule has 224 valence electrons. The van der Waals surface area contributed by atoms with Crippen molar-refractivity contribution >= 4 is 23.9 Å². The van der Waals surface area contributed by atoms with E-state index in [4.69, 9.17) is 14.6 Å². The van der Waals surface area contributed by atoms with E-state index in [0.29, 0.717) is 19.6 Å². The summed E-state index contributed by atoms with van der Waals surface area (Å²) in [7, 11) is 0. The van der Waals surface area contributed by atoms with E-state index >= 15 is 0 Å². The largest absolute Gasteiger partial charge is 0.444 e. The Labute approximate surface area is 249 Å². The van der Waals surface area contributed by atoms with Gasteiger partial charge in [0.15, 0.2) is 0 Å². The number of rotatable bonds is 1. The molecule has 5 rings (SSSR count). The van der Waals surface area contributed by atoms with E-state index in [9.17, 15) is 9.59 Å². The minimum absolute atomic E-state index is 0.155. The van der Waals surface area contributed by atoms with Gasteiger partial charge in [0.1, 0.15) is 11.2 Å². The lowest BCUT2D eigenvalue weighted by Gasteiger charge is -2.46. The fraction of sp³-hybridized carbons (Fsp3) is 0.656. The van der Waals surface area contributed by atoms with Crippen molar-refractivity contribution in [1.82, 2.24) is 19.6 Å². The van der Waals surface area contributed by atoms with E-state index in [1.165, 1.54) is 21.7 Å². The normalized spacial score (nSPS) is 21.7. The van der Waals surface area contributed by atoms with E-state index < -0.39 is 11.2 Å². The van der Waals surface area contributed by atoms with Crippen molar-refractivity contribution in [2.24, 2.45) is 0 Å². The quantitative estimate of drug-likeness (QED) is 0.346. The maximum Gasteiger partial charge on any atom is 0.410 e. The van der Waals surface area contributed by atoms with E-state index in [-0.39, 0.29) is 28.5 Å². The Morgan fingerprint density at radius 2 is 1.56 bits per heavy atom. The molecule has 2 saturated heterocycles. The van der Waals surface area contributed by atoms with Gasteiger partial charge in [-0.1, -0.05) is 18.2 Å². The van der Waals surface area contributed by atoms with E-state index in [0.717, 1.165) is 31.4 Å². The number of aromatic nitrogens is 2. The Kier molecular flexibility index (Phi) is 7.45. The van der Waals surface area contributed by atoms with Crippen LogP contribution >= 0.6 is 11.8 Å². The van der Waals surface area contributed by atoms with Crippen LogP contribution in [0.2, 0.25) is 0 Å². The van der Waals surface area contributed by atoms with Gasteiger partial charge in [0.2, 0.25) is 0 Å². The van der Waals surface area contributed by atoms with Crippen molar-refractivity contribution in [2.45, 2.75) is 120 Å². The zero-order valence-electron chi connectivity index (χ0n) is 26.2. The van der Waals surface area contributed by atoms with Gasteiger partial charge in [-0.15, -0.1) is 11.8 Å². The molecule has 1 aromatic heterocycles. The highest BCUT2D eigenvalue weighted by Gasteiger charge is 2.48. The van der Waals surface area contributed by atoms with Gasteiger partial charge in [0.25, 0.3) is 0 Å². The van der Waals surface area contributed by atoms with Crippen molar-refractivity contribution in [3.8, 4) is 11.3 Å². The SMILES string of the molecule is Cc1c2c(nn1C1CCN(C(=O)OC(C)(C)C)C(C)(C)C1)-c1ccccc1SC21CCN(C(=O)OC(C)(C)C)CC1. The Morgan fingerprint density at radius 3 is 2.17 bits per heavy atom. The molecule has 0 N–H and O–H groups in total. The van der Waals surface area contributed by atoms with Crippen molar-refractivity contribution < 1.29 is 19.1 Å². The number of thioether (sulfide) groups is 1. The maximum atomic E-state index is 13.0. The van der Waals surface area contributed by atoms with Gasteiger partial charge in [-0.25, -0.2) is 9.59 Å². The molecular weight excluding hydrogens is 536 g/mol. The molecule has 0 radical (unpaired) electrons. The Hall–Kier alpha value is -2.68. The number of fused-ring (bicyclic) bond motifs is 4. The third kappa shape index (κ3) is 5.84. The fourth-order valence-electron chi connectivity index (χ4n) is 6.58. The highest BCUT2D eigenvalue weighted by Crippen LogP contribution is 2.58. The van der Waals surface area contributed by atoms with Gasteiger partial charge >= 0.3 is 12.2 Å². The van der Waals surface area contributed by atoms with Gasteiger partial charge in [-0.05, 0) is 94.1 Å². The first kappa shape index (κ1) is 29.8.